The third-order valence-electron chi connectivity index (χ3n) is 3.68. The molecule has 3 aromatic rings. The van der Waals surface area contributed by atoms with Gasteiger partial charge in [0.2, 0.25) is 0 Å². The normalized spacial score (nSPS) is 12.2. The van der Waals surface area contributed by atoms with Crippen LogP contribution in [-0.2, 0) is 4.79 Å². The summed E-state index contributed by atoms with van der Waals surface area (Å²) in [5, 5.41) is 14.1. The molecule has 124 valence electrons. The van der Waals surface area contributed by atoms with Crippen molar-refractivity contribution in [3.8, 4) is 0 Å². The summed E-state index contributed by atoms with van der Waals surface area (Å²) in [7, 11) is 0. The molecule has 0 fully saturated rings. The van der Waals surface area contributed by atoms with Gasteiger partial charge in [0, 0.05) is 15.8 Å². The van der Waals surface area contributed by atoms with Gasteiger partial charge in [-0.2, -0.15) is 0 Å². The van der Waals surface area contributed by atoms with Crippen molar-refractivity contribution in [3.63, 3.8) is 0 Å². The summed E-state index contributed by atoms with van der Waals surface area (Å²) < 4.78 is 18.9. The van der Waals surface area contributed by atoms with Gasteiger partial charge in [-0.25, -0.2) is 4.39 Å². The van der Waals surface area contributed by atoms with E-state index in [0.717, 1.165) is 4.88 Å². The summed E-state index contributed by atoms with van der Waals surface area (Å²) in [6, 6.07) is 6.92. The molecule has 0 saturated heterocycles. The highest BCUT2D eigenvalue weighted by Gasteiger charge is 2.24. The second-order valence-electron chi connectivity index (χ2n) is 5.34. The number of carbonyl (C=O) groups excluding carboxylic acids is 1. The summed E-state index contributed by atoms with van der Waals surface area (Å²) in [4.78, 5) is 24.3. The number of halogens is 1. The number of carbonyl (C=O) groups is 2. The third-order valence-corrected chi connectivity index (χ3v) is 4.66. The van der Waals surface area contributed by atoms with Crippen molar-refractivity contribution in [2.45, 2.75) is 19.4 Å². The van der Waals surface area contributed by atoms with Crippen molar-refractivity contribution in [2.75, 3.05) is 0 Å². The Labute approximate surface area is 140 Å². The molecule has 2 aromatic heterocycles. The van der Waals surface area contributed by atoms with Crippen molar-refractivity contribution in [1.82, 2.24) is 5.32 Å². The molecule has 0 radical (unpaired) electrons. The Hall–Kier alpha value is -2.67. The SMILES string of the molecule is Cc1c(C(=O)NC(CC(=O)O)c2cccs2)oc2ccc(F)cc12. The van der Waals surface area contributed by atoms with E-state index in [-0.39, 0.29) is 12.2 Å². The Morgan fingerprint density at radius 1 is 1.38 bits per heavy atom. The number of thiophene rings is 1. The van der Waals surface area contributed by atoms with Crippen LogP contribution in [-0.4, -0.2) is 17.0 Å². The summed E-state index contributed by atoms with van der Waals surface area (Å²) in [5.74, 6) is -1.90. The van der Waals surface area contributed by atoms with Gasteiger partial charge in [-0.15, -0.1) is 11.3 Å². The average molecular weight is 347 g/mol. The second kappa shape index (κ2) is 6.45. The summed E-state index contributed by atoms with van der Waals surface area (Å²) in [6.07, 6.45) is -0.236. The number of nitrogens with one attached hydrogen (secondary N) is 1. The van der Waals surface area contributed by atoms with Crippen LogP contribution in [0.5, 0.6) is 0 Å². The highest BCUT2D eigenvalue weighted by atomic mass is 32.1. The molecule has 1 atom stereocenters. The minimum Gasteiger partial charge on any atom is -0.481 e. The molecule has 3 rings (SSSR count). The smallest absolute Gasteiger partial charge is 0.305 e. The Balaban J connectivity index is 1.90. The molecule has 0 aliphatic carbocycles. The van der Waals surface area contributed by atoms with Gasteiger partial charge in [0.1, 0.15) is 11.4 Å². The molecule has 5 nitrogen and oxygen atoms in total. The van der Waals surface area contributed by atoms with Gasteiger partial charge >= 0.3 is 5.97 Å². The van der Waals surface area contributed by atoms with Crippen LogP contribution in [0.25, 0.3) is 11.0 Å². The summed E-state index contributed by atoms with van der Waals surface area (Å²) >= 11 is 1.36. The van der Waals surface area contributed by atoms with Gasteiger partial charge in [0.15, 0.2) is 5.76 Å². The molecule has 1 amide bonds. The zero-order valence-corrected chi connectivity index (χ0v) is 13.5. The number of furan rings is 1. The van der Waals surface area contributed by atoms with E-state index in [1.165, 1.54) is 29.5 Å². The lowest BCUT2D eigenvalue weighted by molar-refractivity contribution is -0.137. The lowest BCUT2D eigenvalue weighted by Gasteiger charge is -2.14. The second-order valence-corrected chi connectivity index (χ2v) is 6.32. The van der Waals surface area contributed by atoms with Crippen molar-refractivity contribution in [2.24, 2.45) is 0 Å². The Bertz CT molecular complexity index is 901. The number of aryl methyl sites for hydroxylation is 1. The van der Waals surface area contributed by atoms with Crippen LogP contribution < -0.4 is 5.32 Å². The maximum Gasteiger partial charge on any atom is 0.305 e. The predicted molar refractivity (Wildman–Crippen MR) is 87.7 cm³/mol. The lowest BCUT2D eigenvalue weighted by Crippen LogP contribution is -2.29. The fourth-order valence-corrected chi connectivity index (χ4v) is 3.30. The number of amides is 1. The topological polar surface area (TPSA) is 79.5 Å². The molecule has 1 unspecified atom stereocenters. The molecular formula is C17H14FNO4S. The molecule has 0 spiro atoms. The number of hydrogen-bond donors (Lipinski definition) is 2. The first kappa shape index (κ1) is 16.2. The average Bonchev–Trinajstić information content (AvgIpc) is 3.15. The number of benzene rings is 1. The summed E-state index contributed by atoms with van der Waals surface area (Å²) in [5.41, 5.74) is 0.923. The minimum absolute atomic E-state index is 0.0579. The van der Waals surface area contributed by atoms with Crippen LogP contribution >= 0.6 is 11.3 Å². The van der Waals surface area contributed by atoms with E-state index in [1.807, 2.05) is 5.38 Å². The van der Waals surface area contributed by atoms with E-state index in [4.69, 9.17) is 9.52 Å². The Morgan fingerprint density at radius 3 is 2.83 bits per heavy atom. The first-order chi connectivity index (χ1) is 11.5. The quantitative estimate of drug-likeness (QED) is 0.734. The number of carboxylic acids is 1. The van der Waals surface area contributed by atoms with Crippen LogP contribution in [0.15, 0.2) is 40.1 Å². The van der Waals surface area contributed by atoms with E-state index < -0.39 is 23.7 Å². The maximum atomic E-state index is 13.4. The lowest BCUT2D eigenvalue weighted by atomic mass is 10.1. The maximum absolute atomic E-state index is 13.4. The van der Waals surface area contributed by atoms with Crippen LogP contribution in [0, 0.1) is 12.7 Å². The van der Waals surface area contributed by atoms with Crippen LogP contribution in [0.2, 0.25) is 0 Å². The molecular weight excluding hydrogens is 333 g/mol. The third kappa shape index (κ3) is 3.16. The van der Waals surface area contributed by atoms with Crippen LogP contribution in [0.4, 0.5) is 4.39 Å². The molecule has 7 heteroatoms. The van der Waals surface area contributed by atoms with Crippen LogP contribution in [0.1, 0.15) is 33.5 Å². The van der Waals surface area contributed by atoms with E-state index in [9.17, 15) is 14.0 Å². The first-order valence-corrected chi connectivity index (χ1v) is 8.08. The summed E-state index contributed by atoms with van der Waals surface area (Å²) in [6.45, 7) is 1.66. The molecule has 2 N–H and O–H groups in total. The van der Waals surface area contributed by atoms with E-state index in [0.29, 0.717) is 16.5 Å². The van der Waals surface area contributed by atoms with Gasteiger partial charge in [-0.05, 0) is 36.6 Å². The highest BCUT2D eigenvalue weighted by Crippen LogP contribution is 2.28. The van der Waals surface area contributed by atoms with Gasteiger partial charge < -0.3 is 14.8 Å². The fraction of sp³-hybridized carbons (Fsp3) is 0.176. The van der Waals surface area contributed by atoms with E-state index >= 15 is 0 Å². The number of fused-ring (bicyclic) bond motifs is 1. The molecule has 0 bridgehead atoms. The number of rotatable bonds is 5. The largest absolute Gasteiger partial charge is 0.481 e. The molecule has 2 heterocycles. The molecule has 0 aliphatic heterocycles. The predicted octanol–water partition coefficient (Wildman–Crippen LogP) is 3.89. The number of carboxylic acid groups (broad SMARTS) is 1. The fourth-order valence-electron chi connectivity index (χ4n) is 2.52. The van der Waals surface area contributed by atoms with E-state index in [2.05, 4.69) is 5.32 Å². The molecule has 0 saturated carbocycles. The number of hydrogen-bond acceptors (Lipinski definition) is 4. The molecule has 0 aliphatic rings. The van der Waals surface area contributed by atoms with Gasteiger partial charge in [-0.1, -0.05) is 6.07 Å². The van der Waals surface area contributed by atoms with Crippen molar-refractivity contribution in [3.05, 3.63) is 57.7 Å². The van der Waals surface area contributed by atoms with Crippen molar-refractivity contribution >= 4 is 34.2 Å². The zero-order valence-electron chi connectivity index (χ0n) is 12.7. The highest BCUT2D eigenvalue weighted by molar-refractivity contribution is 7.10. The zero-order chi connectivity index (χ0) is 17.3. The standard InChI is InChI=1S/C17H14FNO4S/c1-9-11-7-10(18)4-5-13(11)23-16(9)17(22)19-12(8-15(20)21)14-3-2-6-24-14/h2-7,12H,8H2,1H3,(H,19,22)(H,20,21). The molecule has 1 aromatic carbocycles. The minimum atomic E-state index is -1.02. The molecule has 24 heavy (non-hydrogen) atoms. The van der Waals surface area contributed by atoms with Crippen LogP contribution in [0.3, 0.4) is 0 Å². The van der Waals surface area contributed by atoms with Crippen molar-refractivity contribution < 1.29 is 23.5 Å². The van der Waals surface area contributed by atoms with Gasteiger partial charge in [-0.3, -0.25) is 9.59 Å². The van der Waals surface area contributed by atoms with Gasteiger partial charge in [0.25, 0.3) is 5.91 Å². The van der Waals surface area contributed by atoms with E-state index in [1.54, 1.807) is 19.1 Å². The Kier molecular flexibility index (Phi) is 4.35. The first-order valence-electron chi connectivity index (χ1n) is 7.20. The van der Waals surface area contributed by atoms with Gasteiger partial charge in [0.05, 0.1) is 12.5 Å². The Morgan fingerprint density at radius 2 is 2.17 bits per heavy atom. The number of aliphatic carboxylic acids is 1. The monoisotopic (exact) mass is 347 g/mol. The van der Waals surface area contributed by atoms with Crippen molar-refractivity contribution in [1.29, 1.82) is 0 Å².